The molecular weight excluding hydrogens is 194 g/mol. The molecule has 0 radical (unpaired) electrons. The van der Waals surface area contributed by atoms with Crippen LogP contribution >= 0.6 is 0 Å². The Labute approximate surface area is 98.3 Å². The molecule has 1 spiro atoms. The van der Waals surface area contributed by atoms with Crippen molar-refractivity contribution in [3.8, 4) is 0 Å². The van der Waals surface area contributed by atoms with Crippen molar-refractivity contribution in [3.05, 3.63) is 35.4 Å². The van der Waals surface area contributed by atoms with Crippen LogP contribution < -0.4 is 5.32 Å². The van der Waals surface area contributed by atoms with E-state index in [1.807, 2.05) is 0 Å². The highest BCUT2D eigenvalue weighted by Gasteiger charge is 2.45. The lowest BCUT2D eigenvalue weighted by Crippen LogP contribution is -2.25. The maximum absolute atomic E-state index is 3.62. The number of hydrogen-bond acceptors (Lipinski definition) is 1. The van der Waals surface area contributed by atoms with E-state index in [1.54, 1.807) is 5.56 Å². The average molecular weight is 215 g/mol. The van der Waals surface area contributed by atoms with Gasteiger partial charge in [0.15, 0.2) is 0 Å². The van der Waals surface area contributed by atoms with Crippen molar-refractivity contribution >= 4 is 0 Å². The third kappa shape index (κ3) is 1.58. The zero-order chi connectivity index (χ0) is 11.0. The summed E-state index contributed by atoms with van der Waals surface area (Å²) in [6.07, 6.45) is 5.73. The Balaban J connectivity index is 1.94. The van der Waals surface area contributed by atoms with Crippen molar-refractivity contribution in [1.29, 1.82) is 0 Å². The summed E-state index contributed by atoms with van der Waals surface area (Å²) in [5.74, 6) is 0.759. The minimum absolute atomic E-state index is 0.591. The summed E-state index contributed by atoms with van der Waals surface area (Å²) < 4.78 is 0. The van der Waals surface area contributed by atoms with Crippen molar-refractivity contribution < 1.29 is 0 Å². The van der Waals surface area contributed by atoms with Crippen LogP contribution in [0.4, 0.5) is 0 Å². The molecule has 1 saturated heterocycles. The van der Waals surface area contributed by atoms with Gasteiger partial charge in [0.05, 0.1) is 0 Å². The van der Waals surface area contributed by atoms with E-state index in [-0.39, 0.29) is 0 Å². The SMILES string of the molecule is Cc1cccc([C@@H]2CNCC23CCCC3)c1. The second-order valence-corrected chi connectivity index (χ2v) is 5.67. The van der Waals surface area contributed by atoms with Gasteiger partial charge < -0.3 is 5.32 Å². The highest BCUT2D eigenvalue weighted by atomic mass is 14.9. The number of benzene rings is 1. The number of rotatable bonds is 1. The zero-order valence-corrected chi connectivity index (χ0v) is 10.1. The molecule has 1 heteroatoms. The van der Waals surface area contributed by atoms with Gasteiger partial charge in [0, 0.05) is 19.0 Å². The van der Waals surface area contributed by atoms with Gasteiger partial charge in [-0.2, -0.15) is 0 Å². The van der Waals surface area contributed by atoms with Crippen LogP contribution in [0.15, 0.2) is 24.3 Å². The second kappa shape index (κ2) is 3.89. The van der Waals surface area contributed by atoms with E-state index in [4.69, 9.17) is 0 Å². The summed E-state index contributed by atoms with van der Waals surface area (Å²) >= 11 is 0. The van der Waals surface area contributed by atoms with Gasteiger partial charge in [-0.15, -0.1) is 0 Å². The van der Waals surface area contributed by atoms with Gasteiger partial charge in [0.25, 0.3) is 0 Å². The molecule has 2 aliphatic rings. The molecule has 86 valence electrons. The molecule has 1 aromatic rings. The Bertz CT molecular complexity index is 371. The van der Waals surface area contributed by atoms with Crippen LogP contribution in [0.5, 0.6) is 0 Å². The lowest BCUT2D eigenvalue weighted by molar-refractivity contribution is 0.295. The molecule has 1 N–H and O–H groups in total. The fourth-order valence-electron chi connectivity index (χ4n) is 3.77. The molecule has 1 aliphatic heterocycles. The Morgan fingerprint density at radius 3 is 2.81 bits per heavy atom. The van der Waals surface area contributed by atoms with Gasteiger partial charge in [-0.3, -0.25) is 0 Å². The predicted molar refractivity (Wildman–Crippen MR) is 67.7 cm³/mol. The van der Waals surface area contributed by atoms with Gasteiger partial charge in [-0.25, -0.2) is 0 Å². The smallest absolute Gasteiger partial charge is 0.00321 e. The summed E-state index contributed by atoms with van der Waals surface area (Å²) in [5, 5.41) is 3.62. The molecule has 1 aromatic carbocycles. The fourth-order valence-corrected chi connectivity index (χ4v) is 3.77. The molecule has 0 unspecified atom stereocenters. The van der Waals surface area contributed by atoms with Crippen LogP contribution in [0.1, 0.15) is 42.7 Å². The van der Waals surface area contributed by atoms with Crippen LogP contribution in [0.2, 0.25) is 0 Å². The second-order valence-electron chi connectivity index (χ2n) is 5.67. The van der Waals surface area contributed by atoms with Crippen molar-refractivity contribution in [2.75, 3.05) is 13.1 Å². The Hall–Kier alpha value is -0.820. The first-order valence-corrected chi connectivity index (χ1v) is 6.57. The van der Waals surface area contributed by atoms with Gasteiger partial charge in [0.1, 0.15) is 0 Å². The first-order valence-electron chi connectivity index (χ1n) is 6.57. The van der Waals surface area contributed by atoms with Crippen LogP contribution in [0, 0.1) is 12.3 Å². The molecule has 1 saturated carbocycles. The van der Waals surface area contributed by atoms with E-state index in [1.165, 1.54) is 44.3 Å². The monoisotopic (exact) mass is 215 g/mol. The van der Waals surface area contributed by atoms with E-state index < -0.39 is 0 Å². The van der Waals surface area contributed by atoms with Crippen molar-refractivity contribution in [2.45, 2.75) is 38.5 Å². The lowest BCUT2D eigenvalue weighted by atomic mass is 9.73. The van der Waals surface area contributed by atoms with E-state index in [9.17, 15) is 0 Å². The van der Waals surface area contributed by atoms with Crippen LogP contribution in [-0.2, 0) is 0 Å². The third-order valence-electron chi connectivity index (χ3n) is 4.61. The summed E-state index contributed by atoms with van der Waals surface area (Å²) in [4.78, 5) is 0. The first kappa shape index (κ1) is 10.3. The summed E-state index contributed by atoms with van der Waals surface area (Å²) in [7, 11) is 0. The van der Waals surface area contributed by atoms with E-state index >= 15 is 0 Å². The largest absolute Gasteiger partial charge is 0.316 e. The minimum atomic E-state index is 0.591. The number of nitrogens with one attached hydrogen (secondary N) is 1. The summed E-state index contributed by atoms with van der Waals surface area (Å²) in [6.45, 7) is 4.63. The maximum Gasteiger partial charge on any atom is 0.00321 e. The summed E-state index contributed by atoms with van der Waals surface area (Å²) in [6, 6.07) is 9.13. The van der Waals surface area contributed by atoms with E-state index in [0.29, 0.717) is 5.41 Å². The normalized spacial score (nSPS) is 27.7. The van der Waals surface area contributed by atoms with Crippen molar-refractivity contribution in [2.24, 2.45) is 5.41 Å². The highest BCUT2D eigenvalue weighted by Crippen LogP contribution is 2.50. The highest BCUT2D eigenvalue weighted by molar-refractivity contribution is 5.29. The maximum atomic E-state index is 3.62. The van der Waals surface area contributed by atoms with Gasteiger partial charge in [-0.05, 0) is 30.7 Å². The quantitative estimate of drug-likeness (QED) is 0.758. The molecule has 1 atom stereocenters. The van der Waals surface area contributed by atoms with Crippen molar-refractivity contribution in [3.63, 3.8) is 0 Å². The molecule has 3 rings (SSSR count). The molecule has 1 nitrogen and oxygen atoms in total. The van der Waals surface area contributed by atoms with E-state index in [0.717, 1.165) is 5.92 Å². The van der Waals surface area contributed by atoms with Gasteiger partial charge in [-0.1, -0.05) is 42.7 Å². The minimum Gasteiger partial charge on any atom is -0.316 e. The third-order valence-corrected chi connectivity index (χ3v) is 4.61. The molecule has 16 heavy (non-hydrogen) atoms. The lowest BCUT2D eigenvalue weighted by Gasteiger charge is -2.30. The molecular formula is C15H21N. The Morgan fingerprint density at radius 2 is 2.06 bits per heavy atom. The Morgan fingerprint density at radius 1 is 1.25 bits per heavy atom. The molecule has 0 aromatic heterocycles. The zero-order valence-electron chi connectivity index (χ0n) is 10.1. The molecule has 2 fully saturated rings. The van der Waals surface area contributed by atoms with E-state index in [2.05, 4.69) is 36.5 Å². The fraction of sp³-hybridized carbons (Fsp3) is 0.600. The molecule has 0 amide bonds. The molecule has 1 aliphatic carbocycles. The first-order chi connectivity index (χ1) is 7.80. The van der Waals surface area contributed by atoms with Crippen LogP contribution in [-0.4, -0.2) is 13.1 Å². The molecule has 1 heterocycles. The predicted octanol–water partition coefficient (Wildman–Crippen LogP) is 3.24. The van der Waals surface area contributed by atoms with Crippen molar-refractivity contribution in [1.82, 2.24) is 5.32 Å². The topological polar surface area (TPSA) is 12.0 Å². The number of hydrogen-bond donors (Lipinski definition) is 1. The Kier molecular flexibility index (Phi) is 2.51. The van der Waals surface area contributed by atoms with Gasteiger partial charge in [0.2, 0.25) is 0 Å². The molecule has 0 bridgehead atoms. The summed E-state index contributed by atoms with van der Waals surface area (Å²) in [5.41, 5.74) is 3.55. The number of aryl methyl sites for hydroxylation is 1. The average Bonchev–Trinajstić information content (AvgIpc) is 2.90. The van der Waals surface area contributed by atoms with Crippen LogP contribution in [0.25, 0.3) is 0 Å². The van der Waals surface area contributed by atoms with Gasteiger partial charge >= 0.3 is 0 Å². The standard InChI is InChI=1S/C15H21N/c1-12-5-4-6-13(9-12)14-10-16-11-15(14)7-2-3-8-15/h4-6,9,14,16H,2-3,7-8,10-11H2,1H3/t14-/m0/s1. The van der Waals surface area contributed by atoms with Crippen LogP contribution in [0.3, 0.4) is 0 Å².